The predicted octanol–water partition coefficient (Wildman–Crippen LogP) is 5.72. The molecule has 0 spiro atoms. The van der Waals surface area contributed by atoms with Gasteiger partial charge >= 0.3 is 23.9 Å². The lowest BCUT2D eigenvalue weighted by molar-refractivity contribution is -0.159. The molecule has 5 N–H and O–H groups in total. The second kappa shape index (κ2) is 17.6. The van der Waals surface area contributed by atoms with E-state index in [2.05, 4.69) is 65.3 Å². The second-order valence-electron chi connectivity index (χ2n) is 12.2. The number of rotatable bonds is 8. The van der Waals surface area contributed by atoms with E-state index in [0.29, 0.717) is 5.75 Å². The number of carbonyl (C=O) groups is 4. The Hall–Kier alpha value is -4.78. The summed E-state index contributed by atoms with van der Waals surface area (Å²) in [6.07, 6.45) is 7.40. The molecule has 2 aliphatic rings. The number of benzene rings is 3. The quantitative estimate of drug-likeness (QED) is 0.143. The van der Waals surface area contributed by atoms with Crippen molar-refractivity contribution >= 4 is 45.3 Å². The van der Waals surface area contributed by atoms with E-state index in [1.165, 1.54) is 102 Å². The third-order valence-electron chi connectivity index (χ3n) is 8.65. The number of nitrogens with zero attached hydrogens (tertiary/aromatic N) is 2. The van der Waals surface area contributed by atoms with Gasteiger partial charge in [0, 0.05) is 22.7 Å². The molecule has 49 heavy (non-hydrogen) atoms. The smallest absolute Gasteiger partial charge is 0.414 e. The van der Waals surface area contributed by atoms with E-state index in [1.54, 1.807) is 11.3 Å². The van der Waals surface area contributed by atoms with Crippen LogP contribution in [-0.2, 0) is 38.6 Å². The molecule has 0 radical (unpaired) electrons. The summed E-state index contributed by atoms with van der Waals surface area (Å²) in [5, 5.41) is 41.0. The highest BCUT2D eigenvalue weighted by molar-refractivity contribution is 7.22. The molecule has 0 atom stereocenters. The van der Waals surface area contributed by atoms with E-state index in [9.17, 15) is 5.11 Å². The zero-order chi connectivity index (χ0) is 35.5. The maximum Gasteiger partial charge on any atom is 0.414 e. The molecule has 6 rings (SSSR count). The molecule has 2 saturated heterocycles. The van der Waals surface area contributed by atoms with Gasteiger partial charge in [-0.05, 0) is 129 Å². The molecule has 0 unspecified atom stereocenters. The molecule has 11 nitrogen and oxygen atoms in total. The summed E-state index contributed by atoms with van der Waals surface area (Å²) in [5.41, 5.74) is 8.28. The van der Waals surface area contributed by atoms with Gasteiger partial charge in [0.05, 0.1) is 0 Å². The molecule has 3 aromatic carbocycles. The Kier molecular flexibility index (Phi) is 13.3. The summed E-state index contributed by atoms with van der Waals surface area (Å²) in [4.78, 5) is 42.9. The Bertz CT molecular complexity index is 1720. The fraction of sp³-hybridized carbons (Fsp3) is 0.351. The second-order valence-corrected chi connectivity index (χ2v) is 13.3. The van der Waals surface area contributed by atoms with Crippen molar-refractivity contribution in [2.45, 2.75) is 52.0 Å². The molecule has 4 aromatic rings. The Balaban J connectivity index is 0.000000388. The zero-order valence-electron chi connectivity index (χ0n) is 27.4. The summed E-state index contributed by atoms with van der Waals surface area (Å²) in [7, 11) is 0. The number of aliphatic carboxylic acids is 4. The molecule has 260 valence electrons. The summed E-state index contributed by atoms with van der Waals surface area (Å²) in [5.74, 6) is -6.96. The number of carboxylic acids is 4. The molecule has 1 aromatic heterocycles. The number of aromatic hydroxyl groups is 1. The summed E-state index contributed by atoms with van der Waals surface area (Å²) in [6.45, 7) is 9.48. The molecule has 3 heterocycles. The normalized spacial score (nSPS) is 14.5. The van der Waals surface area contributed by atoms with Crippen LogP contribution in [0, 0.1) is 6.92 Å². The number of hydrogen-bond donors (Lipinski definition) is 5. The molecule has 0 amide bonds. The van der Waals surface area contributed by atoms with Gasteiger partial charge in [-0.1, -0.05) is 42.5 Å². The van der Waals surface area contributed by atoms with Crippen LogP contribution in [-0.4, -0.2) is 91.9 Å². The van der Waals surface area contributed by atoms with Gasteiger partial charge in [-0.3, -0.25) is 4.90 Å². The third-order valence-corrected chi connectivity index (χ3v) is 9.90. The molecule has 0 aliphatic carbocycles. The molecular weight excluding hydrogens is 648 g/mol. The topological polar surface area (TPSA) is 176 Å². The predicted molar refractivity (Wildman–Crippen MR) is 187 cm³/mol. The van der Waals surface area contributed by atoms with Crippen molar-refractivity contribution in [1.82, 2.24) is 9.80 Å². The van der Waals surface area contributed by atoms with Crippen molar-refractivity contribution in [3.05, 3.63) is 88.5 Å². The number of phenolic OH excluding ortho intramolecular Hbond substituents is 1. The molecule has 2 fully saturated rings. The SMILES string of the molecule is Cc1cc(Cc2c(-c3ccc(CCN4CCCC4)cc3)sc3cc(O)ccc23)ccc1CN1CCCC1.O=C(O)C(=O)O.O=C(O)C(=O)O. The Morgan fingerprint density at radius 3 is 1.80 bits per heavy atom. The maximum absolute atomic E-state index is 10.2. The minimum Gasteiger partial charge on any atom is -0.508 e. The van der Waals surface area contributed by atoms with E-state index in [0.717, 1.165) is 24.1 Å². The number of hydrogen-bond acceptors (Lipinski definition) is 8. The first-order chi connectivity index (χ1) is 23.4. The van der Waals surface area contributed by atoms with Crippen molar-refractivity contribution in [2.75, 3.05) is 32.7 Å². The van der Waals surface area contributed by atoms with Gasteiger partial charge in [0.1, 0.15) is 5.75 Å². The van der Waals surface area contributed by atoms with Crippen LogP contribution in [0.1, 0.15) is 53.5 Å². The molecule has 0 bridgehead atoms. The molecule has 2 aliphatic heterocycles. The van der Waals surface area contributed by atoms with Crippen LogP contribution in [0.15, 0.2) is 60.7 Å². The van der Waals surface area contributed by atoms with Crippen LogP contribution in [0.25, 0.3) is 20.5 Å². The first kappa shape index (κ1) is 37.0. The summed E-state index contributed by atoms with van der Waals surface area (Å²) < 4.78 is 1.16. The highest BCUT2D eigenvalue weighted by Gasteiger charge is 2.17. The van der Waals surface area contributed by atoms with Gasteiger partial charge in [-0.25, -0.2) is 19.2 Å². The first-order valence-electron chi connectivity index (χ1n) is 16.2. The van der Waals surface area contributed by atoms with Crippen molar-refractivity contribution in [2.24, 2.45) is 0 Å². The highest BCUT2D eigenvalue weighted by Crippen LogP contribution is 2.41. The number of aryl methyl sites for hydroxylation is 1. The van der Waals surface area contributed by atoms with Gasteiger partial charge in [-0.15, -0.1) is 11.3 Å². The standard InChI is InChI=1S/C33H38N2OS.2C2H2O4/c1-24-20-26(8-11-28(24)23-35-17-4-5-18-35)21-31-30-13-12-29(36)22-32(30)37-33(31)27-9-6-25(7-10-27)14-19-34-15-2-3-16-34;2*3-1(4)2(5)6/h6-13,20,22,36H,2-5,14-19,21,23H2,1H3;2*(H,3,4)(H,5,6). The van der Waals surface area contributed by atoms with Crippen molar-refractivity contribution in [3.63, 3.8) is 0 Å². The minimum absolute atomic E-state index is 0.339. The highest BCUT2D eigenvalue weighted by atomic mass is 32.1. The van der Waals surface area contributed by atoms with Crippen LogP contribution in [0.2, 0.25) is 0 Å². The number of phenols is 1. The third kappa shape index (κ3) is 10.9. The first-order valence-corrected chi connectivity index (χ1v) is 17.0. The Labute approximate surface area is 288 Å². The van der Waals surface area contributed by atoms with Crippen LogP contribution in [0.5, 0.6) is 5.75 Å². The lowest BCUT2D eigenvalue weighted by atomic mass is 9.96. The van der Waals surface area contributed by atoms with Crippen LogP contribution in [0.3, 0.4) is 0 Å². The lowest BCUT2D eigenvalue weighted by Crippen LogP contribution is -2.21. The van der Waals surface area contributed by atoms with E-state index in [1.807, 2.05) is 12.1 Å². The van der Waals surface area contributed by atoms with Gasteiger partial charge in [0.15, 0.2) is 0 Å². The van der Waals surface area contributed by atoms with E-state index < -0.39 is 23.9 Å². The van der Waals surface area contributed by atoms with Gasteiger partial charge < -0.3 is 30.4 Å². The Morgan fingerprint density at radius 2 is 1.24 bits per heavy atom. The lowest BCUT2D eigenvalue weighted by Gasteiger charge is -2.17. The fourth-order valence-corrected chi connectivity index (χ4v) is 7.35. The summed E-state index contributed by atoms with van der Waals surface area (Å²) in [6, 6.07) is 22.1. The molecule has 0 saturated carbocycles. The maximum atomic E-state index is 10.2. The number of thiophene rings is 1. The van der Waals surface area contributed by atoms with Crippen molar-refractivity contribution in [1.29, 1.82) is 0 Å². The van der Waals surface area contributed by atoms with E-state index in [-0.39, 0.29) is 0 Å². The fourth-order valence-electron chi connectivity index (χ4n) is 6.09. The largest absolute Gasteiger partial charge is 0.508 e. The van der Waals surface area contributed by atoms with Gasteiger partial charge in [0.2, 0.25) is 0 Å². The molecule has 12 heteroatoms. The number of fused-ring (bicyclic) bond motifs is 1. The summed E-state index contributed by atoms with van der Waals surface area (Å²) >= 11 is 1.80. The average molecular weight is 691 g/mol. The minimum atomic E-state index is -1.82. The van der Waals surface area contributed by atoms with Crippen LogP contribution in [0.4, 0.5) is 0 Å². The van der Waals surface area contributed by atoms with Gasteiger partial charge in [0.25, 0.3) is 0 Å². The van der Waals surface area contributed by atoms with E-state index in [4.69, 9.17) is 39.6 Å². The Morgan fingerprint density at radius 1 is 0.694 bits per heavy atom. The number of likely N-dealkylation sites (tertiary alicyclic amines) is 2. The van der Waals surface area contributed by atoms with Crippen molar-refractivity contribution < 1.29 is 44.7 Å². The average Bonchev–Trinajstić information content (AvgIpc) is 3.85. The van der Waals surface area contributed by atoms with E-state index >= 15 is 0 Å². The van der Waals surface area contributed by atoms with Crippen LogP contribution >= 0.6 is 11.3 Å². The van der Waals surface area contributed by atoms with Crippen molar-refractivity contribution in [3.8, 4) is 16.2 Å². The monoisotopic (exact) mass is 690 g/mol. The van der Waals surface area contributed by atoms with Gasteiger partial charge in [-0.2, -0.15) is 0 Å². The molecular formula is C37H42N2O9S. The zero-order valence-corrected chi connectivity index (χ0v) is 28.2. The van der Waals surface area contributed by atoms with Crippen LogP contribution < -0.4 is 0 Å². The number of carboxylic acid groups (broad SMARTS) is 4.